The van der Waals surface area contributed by atoms with Crippen LogP contribution in [0.3, 0.4) is 0 Å². The van der Waals surface area contributed by atoms with E-state index in [0.29, 0.717) is 6.04 Å². The predicted octanol–water partition coefficient (Wildman–Crippen LogP) is 4.09. The number of hydrogen-bond acceptors (Lipinski definition) is 1. The summed E-state index contributed by atoms with van der Waals surface area (Å²) in [5, 5.41) is 3.62. The van der Waals surface area contributed by atoms with E-state index in [0.717, 1.165) is 0 Å². The zero-order chi connectivity index (χ0) is 11.7. The Morgan fingerprint density at radius 2 is 1.76 bits per heavy atom. The quantitative estimate of drug-likeness (QED) is 0.808. The fourth-order valence-electron chi connectivity index (χ4n) is 2.56. The average molecular weight is 223 g/mol. The maximum absolute atomic E-state index is 3.62. The van der Waals surface area contributed by atoms with Gasteiger partial charge in [-0.3, -0.25) is 0 Å². The topological polar surface area (TPSA) is 12.0 Å². The van der Waals surface area contributed by atoms with E-state index in [4.69, 9.17) is 0 Å². The highest BCUT2D eigenvalue weighted by atomic mass is 14.9. The van der Waals surface area contributed by atoms with Gasteiger partial charge in [0, 0.05) is 5.69 Å². The molecule has 2 aromatic carbocycles. The lowest BCUT2D eigenvalue weighted by Gasteiger charge is -2.15. The highest BCUT2D eigenvalue weighted by molar-refractivity contribution is 5.49. The van der Waals surface area contributed by atoms with E-state index in [1.807, 2.05) is 0 Å². The third-order valence-electron chi connectivity index (χ3n) is 3.53. The van der Waals surface area contributed by atoms with Gasteiger partial charge in [-0.25, -0.2) is 0 Å². The molecule has 0 fully saturated rings. The molecule has 0 amide bonds. The minimum absolute atomic E-state index is 0.480. The minimum atomic E-state index is 0.480. The molecule has 0 spiro atoms. The van der Waals surface area contributed by atoms with Crippen molar-refractivity contribution in [2.45, 2.75) is 25.8 Å². The van der Waals surface area contributed by atoms with Crippen molar-refractivity contribution in [1.82, 2.24) is 0 Å². The van der Waals surface area contributed by atoms with Crippen molar-refractivity contribution >= 4 is 5.69 Å². The maximum Gasteiger partial charge on any atom is 0.0519 e. The molecule has 1 atom stereocenters. The van der Waals surface area contributed by atoms with E-state index in [9.17, 15) is 0 Å². The van der Waals surface area contributed by atoms with Gasteiger partial charge in [-0.05, 0) is 43.0 Å². The zero-order valence-corrected chi connectivity index (χ0v) is 10.1. The van der Waals surface area contributed by atoms with E-state index >= 15 is 0 Å². The lowest BCUT2D eigenvalue weighted by atomic mass is 10.1. The zero-order valence-electron chi connectivity index (χ0n) is 10.1. The SMILES string of the molecule is Cc1ccc(NC2CCc3ccccc32)cc1. The first kappa shape index (κ1) is 10.4. The molecule has 1 N–H and O–H groups in total. The lowest BCUT2D eigenvalue weighted by molar-refractivity contribution is 0.762. The van der Waals surface area contributed by atoms with Crippen LogP contribution in [0.1, 0.15) is 29.2 Å². The maximum atomic E-state index is 3.62. The molecule has 1 nitrogen and oxygen atoms in total. The molecule has 3 rings (SSSR count). The molecule has 1 aliphatic rings. The molecule has 0 saturated heterocycles. The summed E-state index contributed by atoms with van der Waals surface area (Å²) in [5.74, 6) is 0. The highest BCUT2D eigenvalue weighted by Crippen LogP contribution is 2.33. The molecule has 1 unspecified atom stereocenters. The van der Waals surface area contributed by atoms with Crippen molar-refractivity contribution in [2.24, 2.45) is 0 Å². The summed E-state index contributed by atoms with van der Waals surface area (Å²) in [4.78, 5) is 0. The molecular weight excluding hydrogens is 206 g/mol. The Bertz CT molecular complexity index is 513. The summed E-state index contributed by atoms with van der Waals surface area (Å²) in [6.45, 7) is 2.12. The second kappa shape index (κ2) is 4.25. The second-order valence-electron chi connectivity index (χ2n) is 4.80. The van der Waals surface area contributed by atoms with Gasteiger partial charge in [0.1, 0.15) is 0 Å². The van der Waals surface area contributed by atoms with Crippen LogP contribution in [0.4, 0.5) is 5.69 Å². The fraction of sp³-hybridized carbons (Fsp3) is 0.250. The van der Waals surface area contributed by atoms with Crippen LogP contribution >= 0.6 is 0 Å². The van der Waals surface area contributed by atoms with Crippen molar-refractivity contribution in [3.05, 3.63) is 65.2 Å². The summed E-state index contributed by atoms with van der Waals surface area (Å²) in [7, 11) is 0. The Morgan fingerprint density at radius 1 is 1.00 bits per heavy atom. The molecule has 0 saturated carbocycles. The summed E-state index contributed by atoms with van der Waals surface area (Å²) >= 11 is 0. The molecule has 86 valence electrons. The summed E-state index contributed by atoms with van der Waals surface area (Å²) in [6, 6.07) is 17.9. The monoisotopic (exact) mass is 223 g/mol. The Kier molecular flexibility index (Phi) is 2.60. The fourth-order valence-corrected chi connectivity index (χ4v) is 2.56. The van der Waals surface area contributed by atoms with Gasteiger partial charge < -0.3 is 5.32 Å². The van der Waals surface area contributed by atoms with Crippen molar-refractivity contribution in [3.63, 3.8) is 0 Å². The second-order valence-corrected chi connectivity index (χ2v) is 4.80. The summed E-state index contributed by atoms with van der Waals surface area (Å²) in [5.41, 5.74) is 5.49. The smallest absolute Gasteiger partial charge is 0.0519 e. The first-order valence-electron chi connectivity index (χ1n) is 6.24. The molecule has 0 bridgehead atoms. The van der Waals surface area contributed by atoms with Gasteiger partial charge in [0.05, 0.1) is 6.04 Å². The van der Waals surface area contributed by atoms with E-state index in [1.165, 1.54) is 35.2 Å². The number of anilines is 1. The highest BCUT2D eigenvalue weighted by Gasteiger charge is 2.21. The third-order valence-corrected chi connectivity index (χ3v) is 3.53. The van der Waals surface area contributed by atoms with Crippen LogP contribution in [0, 0.1) is 6.92 Å². The Morgan fingerprint density at radius 3 is 2.59 bits per heavy atom. The van der Waals surface area contributed by atoms with Gasteiger partial charge in [0.2, 0.25) is 0 Å². The van der Waals surface area contributed by atoms with Crippen LogP contribution in [0.5, 0.6) is 0 Å². The van der Waals surface area contributed by atoms with Crippen molar-refractivity contribution in [2.75, 3.05) is 5.32 Å². The van der Waals surface area contributed by atoms with Crippen molar-refractivity contribution in [1.29, 1.82) is 0 Å². The first-order chi connectivity index (χ1) is 8.33. The molecule has 0 aromatic heterocycles. The molecule has 1 aliphatic carbocycles. The van der Waals surface area contributed by atoms with Gasteiger partial charge in [0.15, 0.2) is 0 Å². The predicted molar refractivity (Wildman–Crippen MR) is 72.3 cm³/mol. The van der Waals surface area contributed by atoms with Crippen molar-refractivity contribution in [3.8, 4) is 0 Å². The Balaban J connectivity index is 1.81. The molecule has 1 heteroatoms. The molecular formula is C16H17N. The number of fused-ring (bicyclic) bond motifs is 1. The third kappa shape index (κ3) is 2.05. The standard InChI is InChI=1S/C16H17N/c1-12-6-9-14(10-7-12)17-16-11-8-13-4-2-3-5-15(13)16/h2-7,9-10,16-17H,8,11H2,1H3. The molecule has 17 heavy (non-hydrogen) atoms. The van der Waals surface area contributed by atoms with Gasteiger partial charge in [-0.1, -0.05) is 42.0 Å². The van der Waals surface area contributed by atoms with E-state index in [1.54, 1.807) is 0 Å². The van der Waals surface area contributed by atoms with Gasteiger partial charge in [0.25, 0.3) is 0 Å². The first-order valence-corrected chi connectivity index (χ1v) is 6.24. The summed E-state index contributed by atoms with van der Waals surface area (Å²) < 4.78 is 0. The number of aryl methyl sites for hydroxylation is 2. The van der Waals surface area contributed by atoms with Crippen LogP contribution < -0.4 is 5.32 Å². The van der Waals surface area contributed by atoms with E-state index in [2.05, 4.69) is 60.8 Å². The molecule has 0 heterocycles. The van der Waals surface area contributed by atoms with Crippen LogP contribution in [0.2, 0.25) is 0 Å². The molecule has 0 aliphatic heterocycles. The van der Waals surface area contributed by atoms with Crippen LogP contribution in [-0.4, -0.2) is 0 Å². The van der Waals surface area contributed by atoms with E-state index < -0.39 is 0 Å². The minimum Gasteiger partial charge on any atom is -0.378 e. The number of rotatable bonds is 2. The van der Waals surface area contributed by atoms with Gasteiger partial charge in [-0.2, -0.15) is 0 Å². The van der Waals surface area contributed by atoms with Crippen LogP contribution in [-0.2, 0) is 6.42 Å². The average Bonchev–Trinajstić information content (AvgIpc) is 2.76. The number of nitrogens with one attached hydrogen (secondary N) is 1. The normalized spacial score (nSPS) is 17.8. The van der Waals surface area contributed by atoms with Crippen LogP contribution in [0.15, 0.2) is 48.5 Å². The van der Waals surface area contributed by atoms with Gasteiger partial charge >= 0.3 is 0 Å². The molecule has 0 radical (unpaired) electrons. The Hall–Kier alpha value is -1.76. The number of hydrogen-bond donors (Lipinski definition) is 1. The van der Waals surface area contributed by atoms with Crippen LogP contribution in [0.25, 0.3) is 0 Å². The Labute approximate surface area is 102 Å². The van der Waals surface area contributed by atoms with Crippen molar-refractivity contribution < 1.29 is 0 Å². The summed E-state index contributed by atoms with van der Waals surface area (Å²) in [6.07, 6.45) is 2.40. The number of benzene rings is 2. The van der Waals surface area contributed by atoms with E-state index in [-0.39, 0.29) is 0 Å². The van der Waals surface area contributed by atoms with Gasteiger partial charge in [-0.15, -0.1) is 0 Å². The lowest BCUT2D eigenvalue weighted by Crippen LogP contribution is -2.06. The largest absolute Gasteiger partial charge is 0.378 e. The molecule has 2 aromatic rings.